The summed E-state index contributed by atoms with van der Waals surface area (Å²) >= 11 is 0. The minimum atomic E-state index is -4.64. The Labute approximate surface area is 227 Å². The molecule has 0 radical (unpaired) electrons. The number of hydrogen-bond donors (Lipinski definition) is 1. The van der Waals surface area contributed by atoms with Crippen molar-refractivity contribution < 1.29 is 31.9 Å². The molecule has 4 aromatic rings. The number of amidine groups is 1. The second kappa shape index (κ2) is 10.2. The van der Waals surface area contributed by atoms with Crippen LogP contribution in [0.15, 0.2) is 83.9 Å². The van der Waals surface area contributed by atoms with Gasteiger partial charge in [0.15, 0.2) is 0 Å². The molecule has 5 rings (SSSR count). The molecule has 1 heterocycles. The normalized spacial score (nSPS) is 15.0. The van der Waals surface area contributed by atoms with Gasteiger partial charge >= 0.3 is 12.1 Å². The third kappa shape index (κ3) is 5.19. The van der Waals surface area contributed by atoms with Gasteiger partial charge in [0.25, 0.3) is 0 Å². The van der Waals surface area contributed by atoms with E-state index in [1.807, 2.05) is 0 Å². The van der Waals surface area contributed by atoms with Gasteiger partial charge < -0.3 is 10.0 Å². The minimum Gasteiger partial charge on any atom is -0.481 e. The zero-order valence-corrected chi connectivity index (χ0v) is 21.4. The Morgan fingerprint density at radius 1 is 0.875 bits per heavy atom. The summed E-state index contributed by atoms with van der Waals surface area (Å²) in [4.78, 5) is 17.9. The summed E-state index contributed by atoms with van der Waals surface area (Å²) in [5, 5.41) is 9.77. The van der Waals surface area contributed by atoms with E-state index in [9.17, 15) is 27.5 Å². The van der Waals surface area contributed by atoms with Crippen LogP contribution in [0.2, 0.25) is 0 Å². The SMILES string of the molecule is Cc1cc(F)c2c(c1)C(CC(=O)O)N(c1cccc(C(F)(F)F)c1)C(c1ccc(-c3ccc(F)c(C)c3)cc1)=N2. The number of alkyl halides is 3. The Kier molecular flexibility index (Phi) is 6.91. The number of carboxylic acid groups (broad SMARTS) is 1. The Morgan fingerprint density at radius 2 is 1.55 bits per heavy atom. The smallest absolute Gasteiger partial charge is 0.416 e. The van der Waals surface area contributed by atoms with Crippen LogP contribution in [0, 0.1) is 25.5 Å². The summed E-state index contributed by atoms with van der Waals surface area (Å²) in [6, 6.07) is 17.8. The van der Waals surface area contributed by atoms with Crippen molar-refractivity contribution in [2.24, 2.45) is 4.99 Å². The highest BCUT2D eigenvalue weighted by Crippen LogP contribution is 2.44. The number of hydrogen-bond acceptors (Lipinski definition) is 3. The molecule has 0 aliphatic carbocycles. The summed E-state index contributed by atoms with van der Waals surface area (Å²) in [6.45, 7) is 3.29. The fraction of sp³-hybridized carbons (Fsp3) is 0.161. The number of fused-ring (bicyclic) bond motifs is 1. The number of aliphatic carboxylic acids is 1. The van der Waals surface area contributed by atoms with Crippen molar-refractivity contribution in [3.05, 3.63) is 118 Å². The van der Waals surface area contributed by atoms with Crippen molar-refractivity contribution in [3.8, 4) is 11.1 Å². The molecule has 1 aliphatic heterocycles. The van der Waals surface area contributed by atoms with E-state index >= 15 is 4.39 Å². The minimum absolute atomic E-state index is 0.0608. The summed E-state index contributed by atoms with van der Waals surface area (Å²) in [5.74, 6) is -2.11. The third-order valence-electron chi connectivity index (χ3n) is 6.81. The van der Waals surface area contributed by atoms with Crippen molar-refractivity contribution in [2.75, 3.05) is 4.90 Å². The van der Waals surface area contributed by atoms with E-state index in [2.05, 4.69) is 4.99 Å². The molecule has 0 saturated carbocycles. The molecule has 0 aromatic heterocycles. The lowest BCUT2D eigenvalue weighted by atomic mass is 9.93. The molecule has 4 nitrogen and oxygen atoms in total. The number of benzene rings is 4. The first-order valence-electron chi connectivity index (χ1n) is 12.4. The number of halogens is 5. The van der Waals surface area contributed by atoms with E-state index in [1.54, 1.807) is 56.3 Å². The molecule has 4 aromatic carbocycles. The largest absolute Gasteiger partial charge is 0.481 e. The van der Waals surface area contributed by atoms with E-state index in [1.165, 1.54) is 29.2 Å². The molecule has 9 heteroatoms. The quantitative estimate of drug-likeness (QED) is 0.254. The number of carbonyl (C=O) groups is 1. The van der Waals surface area contributed by atoms with E-state index in [-0.39, 0.29) is 28.6 Å². The highest BCUT2D eigenvalue weighted by atomic mass is 19.4. The molecule has 0 fully saturated rings. The predicted molar refractivity (Wildman–Crippen MR) is 143 cm³/mol. The Bertz CT molecular complexity index is 1650. The highest BCUT2D eigenvalue weighted by Gasteiger charge is 2.37. The van der Waals surface area contributed by atoms with Gasteiger partial charge in [-0.15, -0.1) is 0 Å². The predicted octanol–water partition coefficient (Wildman–Crippen LogP) is 8.38. The number of anilines is 1. The van der Waals surface area contributed by atoms with Crippen molar-refractivity contribution >= 4 is 23.2 Å². The Morgan fingerprint density at radius 3 is 2.20 bits per heavy atom. The van der Waals surface area contributed by atoms with Crippen molar-refractivity contribution in [3.63, 3.8) is 0 Å². The van der Waals surface area contributed by atoms with Crippen molar-refractivity contribution in [2.45, 2.75) is 32.5 Å². The van der Waals surface area contributed by atoms with Gasteiger partial charge in [0.2, 0.25) is 0 Å². The monoisotopic (exact) mass is 550 g/mol. The average Bonchev–Trinajstić information content (AvgIpc) is 2.90. The average molecular weight is 551 g/mol. The zero-order valence-electron chi connectivity index (χ0n) is 21.4. The molecule has 204 valence electrons. The molecule has 0 spiro atoms. The first-order chi connectivity index (χ1) is 18.9. The van der Waals surface area contributed by atoms with Gasteiger partial charge in [-0.25, -0.2) is 13.8 Å². The number of carboxylic acids is 1. The van der Waals surface area contributed by atoms with Crippen LogP contribution in [-0.4, -0.2) is 16.9 Å². The number of nitrogens with zero attached hydrogens (tertiary/aromatic N) is 2. The summed E-state index contributed by atoms with van der Waals surface area (Å²) in [7, 11) is 0. The van der Waals surface area contributed by atoms with E-state index < -0.39 is 36.0 Å². The van der Waals surface area contributed by atoms with Crippen LogP contribution in [0.5, 0.6) is 0 Å². The molecule has 40 heavy (non-hydrogen) atoms. The molecule has 1 aliphatic rings. The molecule has 0 amide bonds. The number of aliphatic imine (C=N–C) groups is 1. The van der Waals surface area contributed by atoms with Gasteiger partial charge in [-0.05, 0) is 72.5 Å². The highest BCUT2D eigenvalue weighted by molar-refractivity contribution is 6.13. The molecular formula is C31H23F5N2O2. The number of rotatable bonds is 5. The summed E-state index contributed by atoms with van der Waals surface area (Å²) < 4.78 is 69.9. The van der Waals surface area contributed by atoms with Crippen LogP contribution in [0.1, 0.15) is 40.3 Å². The van der Waals surface area contributed by atoms with Gasteiger partial charge in [0, 0.05) is 16.8 Å². The van der Waals surface area contributed by atoms with Crippen LogP contribution in [0.25, 0.3) is 11.1 Å². The van der Waals surface area contributed by atoms with Crippen molar-refractivity contribution in [1.82, 2.24) is 0 Å². The second-order valence-corrected chi connectivity index (χ2v) is 9.69. The topological polar surface area (TPSA) is 52.9 Å². The fourth-order valence-corrected chi connectivity index (χ4v) is 4.92. The lowest BCUT2D eigenvalue weighted by Gasteiger charge is -2.38. The van der Waals surface area contributed by atoms with Crippen LogP contribution in [0.3, 0.4) is 0 Å². The maximum Gasteiger partial charge on any atom is 0.416 e. The molecular weight excluding hydrogens is 527 g/mol. The lowest BCUT2D eigenvalue weighted by molar-refractivity contribution is -0.138. The first-order valence-corrected chi connectivity index (χ1v) is 12.4. The van der Waals surface area contributed by atoms with Crippen LogP contribution >= 0.6 is 0 Å². The first kappa shape index (κ1) is 27.1. The van der Waals surface area contributed by atoms with E-state index in [0.29, 0.717) is 16.7 Å². The lowest BCUT2D eigenvalue weighted by Crippen LogP contribution is -2.39. The van der Waals surface area contributed by atoms with Crippen LogP contribution in [0.4, 0.5) is 33.3 Å². The maximum atomic E-state index is 15.2. The van der Waals surface area contributed by atoms with E-state index in [0.717, 1.165) is 23.3 Å². The van der Waals surface area contributed by atoms with Crippen LogP contribution in [-0.2, 0) is 11.0 Å². The summed E-state index contributed by atoms with van der Waals surface area (Å²) in [5.41, 5.74) is 2.27. The zero-order chi connectivity index (χ0) is 28.8. The van der Waals surface area contributed by atoms with Crippen LogP contribution < -0.4 is 4.90 Å². The molecule has 0 saturated heterocycles. The number of aryl methyl sites for hydroxylation is 2. The standard InChI is InChI=1S/C31H23F5N2O2/c1-17-12-24-27(16-28(39)40)38(23-5-3-4-22(15-23)31(34,35)36)30(37-29(24)26(33)13-17)20-8-6-19(7-9-20)21-10-11-25(32)18(2)14-21/h3-15,27H,16H2,1-2H3,(H,39,40). The Hall–Kier alpha value is -4.53. The van der Waals surface area contributed by atoms with Gasteiger partial charge in [-0.1, -0.05) is 42.5 Å². The van der Waals surface area contributed by atoms with Gasteiger partial charge in [-0.2, -0.15) is 13.2 Å². The van der Waals surface area contributed by atoms with E-state index in [4.69, 9.17) is 0 Å². The maximum absolute atomic E-state index is 15.2. The second-order valence-electron chi connectivity index (χ2n) is 9.69. The van der Waals surface area contributed by atoms with Gasteiger partial charge in [-0.3, -0.25) is 4.79 Å². The summed E-state index contributed by atoms with van der Waals surface area (Å²) in [6.07, 6.45) is -5.15. The molecule has 1 unspecified atom stereocenters. The third-order valence-corrected chi connectivity index (χ3v) is 6.81. The molecule has 1 N–H and O–H groups in total. The van der Waals surface area contributed by atoms with Gasteiger partial charge in [0.05, 0.1) is 18.0 Å². The van der Waals surface area contributed by atoms with Gasteiger partial charge in [0.1, 0.15) is 23.2 Å². The van der Waals surface area contributed by atoms with Crippen molar-refractivity contribution in [1.29, 1.82) is 0 Å². The molecule has 1 atom stereocenters. The Balaban J connectivity index is 1.70. The molecule has 0 bridgehead atoms. The fourth-order valence-electron chi connectivity index (χ4n) is 4.92.